The van der Waals surface area contributed by atoms with Crippen LogP contribution in [0.25, 0.3) is 0 Å². The van der Waals surface area contributed by atoms with Crippen molar-refractivity contribution in [2.75, 3.05) is 19.6 Å². The Balaban J connectivity index is 0.992. The van der Waals surface area contributed by atoms with Crippen molar-refractivity contribution >= 4 is 11.9 Å². The zero-order chi connectivity index (χ0) is 45.9. The van der Waals surface area contributed by atoms with E-state index in [1.54, 1.807) is 16.8 Å². The summed E-state index contributed by atoms with van der Waals surface area (Å²) in [7, 11) is 0. The molecular formula is C61H77N3O5. The Hall–Kier alpha value is -3.36. The predicted molar refractivity (Wildman–Crippen MR) is 263 cm³/mol. The first-order valence-electron chi connectivity index (χ1n) is 29.1. The first kappa shape index (κ1) is 42.2. The summed E-state index contributed by atoms with van der Waals surface area (Å²) in [4.78, 5) is 37.9. The van der Waals surface area contributed by atoms with Crippen LogP contribution in [0.4, 0.5) is 0 Å². The molecule has 366 valence electrons. The van der Waals surface area contributed by atoms with Gasteiger partial charge in [-0.1, -0.05) is 74.1 Å². The van der Waals surface area contributed by atoms with Crippen molar-refractivity contribution in [1.29, 1.82) is 0 Å². The van der Waals surface area contributed by atoms with E-state index in [9.17, 15) is 5.11 Å². The number of esters is 2. The molecule has 0 amide bonds. The van der Waals surface area contributed by atoms with Gasteiger partial charge in [-0.05, 0) is 192 Å². The lowest BCUT2D eigenvalue weighted by Crippen LogP contribution is -2.78. The summed E-state index contributed by atoms with van der Waals surface area (Å²) in [5.41, 5.74) is 12.5. The van der Waals surface area contributed by atoms with Gasteiger partial charge in [0.1, 0.15) is 11.2 Å². The van der Waals surface area contributed by atoms with Gasteiger partial charge in [0.15, 0.2) is 11.4 Å². The van der Waals surface area contributed by atoms with Crippen LogP contribution in [0, 0.1) is 81.3 Å². The van der Waals surface area contributed by atoms with E-state index in [1.807, 2.05) is 0 Å². The van der Waals surface area contributed by atoms with E-state index in [4.69, 9.17) is 15.2 Å². The molecule has 7 aliphatic heterocycles. The van der Waals surface area contributed by atoms with Crippen LogP contribution in [-0.2, 0) is 26.3 Å². The molecule has 16 unspecified atom stereocenters. The van der Waals surface area contributed by atoms with Crippen LogP contribution >= 0.6 is 0 Å². The summed E-state index contributed by atoms with van der Waals surface area (Å²) in [5, 5.41) is 14.1. The number of aliphatic hydroxyl groups is 1. The number of nitrogens with two attached hydrogens (primary N) is 1. The minimum atomic E-state index is -1.13. The molecule has 8 aliphatic carbocycles. The van der Waals surface area contributed by atoms with Gasteiger partial charge in [0.2, 0.25) is 0 Å². The Morgan fingerprint density at radius 2 is 1.71 bits per heavy atom. The number of nitrogens with zero attached hydrogens (tertiary/aromatic N) is 2. The second kappa shape index (κ2) is 14.4. The quantitative estimate of drug-likeness (QED) is 0.222. The lowest BCUT2D eigenvalue weighted by atomic mass is 9.27. The smallest absolute Gasteiger partial charge is 0.339 e. The number of piperidine rings is 3. The van der Waals surface area contributed by atoms with E-state index in [1.165, 1.54) is 108 Å². The molecule has 7 bridgehead atoms. The van der Waals surface area contributed by atoms with Crippen molar-refractivity contribution in [3.05, 3.63) is 81.0 Å². The number of carbonyl (C=O) groups is 2. The SMILES string of the molecule is CC1CC2=C3C4C5=C6C(C=CC(C7CCCC7)CC7C68C(=O)OC(=C(O)C6CCC9C%10CC(CN9C6C6CCC9(CCCC9)C6)C(CC2)N3C%10)C8(CC5)C72OC(=O)c3c(CCCN)cccc32)CC14. The highest BCUT2D eigenvalue weighted by Crippen LogP contribution is 2.88. The third-order valence-electron chi connectivity index (χ3n) is 24.7. The molecule has 1 aromatic carbocycles. The monoisotopic (exact) mass is 932 g/mol. The maximum Gasteiger partial charge on any atom is 0.339 e. The highest BCUT2D eigenvalue weighted by Gasteiger charge is 2.94. The number of rotatable bonds is 5. The molecular weight excluding hydrogens is 855 g/mol. The molecule has 7 heterocycles. The first-order valence-corrected chi connectivity index (χ1v) is 29.1. The number of aliphatic hydroxyl groups excluding tert-OH is 1. The van der Waals surface area contributed by atoms with Crippen LogP contribution in [0.5, 0.6) is 0 Å². The molecule has 4 saturated carbocycles. The number of hydrogen-bond acceptors (Lipinski definition) is 8. The Morgan fingerprint density at radius 1 is 0.855 bits per heavy atom. The molecule has 69 heavy (non-hydrogen) atoms. The lowest BCUT2D eigenvalue weighted by molar-refractivity contribution is -0.282. The molecule has 4 spiro atoms. The Bertz CT molecular complexity index is 2580. The van der Waals surface area contributed by atoms with Crippen molar-refractivity contribution in [1.82, 2.24) is 9.80 Å². The van der Waals surface area contributed by atoms with Gasteiger partial charge in [0, 0.05) is 60.2 Å². The molecule has 16 rings (SSSR count). The fourth-order valence-corrected chi connectivity index (χ4v) is 22.6. The predicted octanol–water partition coefficient (Wildman–Crippen LogP) is 11.2. The molecule has 3 N–H and O–H groups in total. The molecule has 1 aromatic rings. The number of allylic oxidation sites excluding steroid dienone is 4. The highest BCUT2D eigenvalue weighted by atomic mass is 16.6. The summed E-state index contributed by atoms with van der Waals surface area (Å²) in [6, 6.07) is 7.77. The van der Waals surface area contributed by atoms with E-state index in [-0.39, 0.29) is 41.7 Å². The first-order chi connectivity index (χ1) is 33.7. The van der Waals surface area contributed by atoms with Crippen molar-refractivity contribution in [3.8, 4) is 0 Å². The van der Waals surface area contributed by atoms with Gasteiger partial charge < -0.3 is 25.2 Å². The maximum absolute atomic E-state index is 16.6. The molecule has 8 fully saturated rings. The van der Waals surface area contributed by atoms with Gasteiger partial charge in [-0.15, -0.1) is 0 Å². The summed E-state index contributed by atoms with van der Waals surface area (Å²) in [6.07, 6.45) is 31.3. The standard InChI is InChI=1S/C61H77N3O5/c1-33-26-38-15-17-46-40-27-41-32-64(46)53(38)50-42-20-24-59-55(54(65)43-16-18-47(41)63(31-40)52(43)39-19-23-58(30-39)21-4-5-22-58)68-57(67)60(59)48(61(59)45-12-6-10-35(11-7-25-62)49(45)56(66)69-61)29-36(34-8-2-3-9-34)13-14-37(51(42)60)28-44(33)50/h6,10,12-14,33-34,36-37,39-41,43-44,46-48,50,52,65H,2-5,7-9,11,15-32,62H2,1H3. The van der Waals surface area contributed by atoms with E-state index in [2.05, 4.69) is 47.1 Å². The van der Waals surface area contributed by atoms with Crippen LogP contribution in [0.15, 0.2) is 64.3 Å². The summed E-state index contributed by atoms with van der Waals surface area (Å²) < 4.78 is 14.8. The van der Waals surface area contributed by atoms with Crippen molar-refractivity contribution in [2.45, 2.75) is 178 Å². The van der Waals surface area contributed by atoms with Crippen LogP contribution in [0.2, 0.25) is 0 Å². The fourth-order valence-electron chi connectivity index (χ4n) is 22.6. The van der Waals surface area contributed by atoms with E-state index < -0.39 is 16.4 Å². The van der Waals surface area contributed by atoms with Crippen LogP contribution in [0.3, 0.4) is 0 Å². The fraction of sp³-hybridized carbons (Fsp3) is 0.738. The Labute approximate surface area is 410 Å². The lowest BCUT2D eigenvalue weighted by Gasteiger charge is -2.73. The van der Waals surface area contributed by atoms with Crippen LogP contribution in [0.1, 0.15) is 170 Å². The third kappa shape index (κ3) is 4.98. The largest absolute Gasteiger partial charge is 0.508 e. The number of aryl methyl sites for hydroxylation is 1. The van der Waals surface area contributed by atoms with Gasteiger partial charge in [-0.3, -0.25) is 9.69 Å². The average Bonchev–Trinajstić information content (AvgIpc) is 4.22. The topological polar surface area (TPSA) is 105 Å². The normalized spacial score (nSPS) is 47.1. The van der Waals surface area contributed by atoms with Gasteiger partial charge in [-0.2, -0.15) is 0 Å². The minimum absolute atomic E-state index is 0.115. The summed E-state index contributed by atoms with van der Waals surface area (Å²) in [6.45, 7) is 5.43. The highest BCUT2D eigenvalue weighted by molar-refractivity contribution is 6.00. The molecule has 8 heteroatoms. The summed E-state index contributed by atoms with van der Waals surface area (Å²) in [5.74, 6) is 4.22. The third-order valence-corrected chi connectivity index (χ3v) is 24.7. The molecule has 4 saturated heterocycles. The average molecular weight is 932 g/mol. The molecule has 8 nitrogen and oxygen atoms in total. The van der Waals surface area contributed by atoms with E-state index >= 15 is 9.59 Å². The number of hydrogen-bond donors (Lipinski definition) is 2. The number of carbonyl (C=O) groups excluding carboxylic acids is 2. The number of fused-ring (bicyclic) bond motifs is 8. The number of benzene rings is 1. The van der Waals surface area contributed by atoms with Crippen LogP contribution < -0.4 is 5.73 Å². The molecule has 0 aromatic heterocycles. The van der Waals surface area contributed by atoms with E-state index in [0.717, 1.165) is 56.2 Å². The van der Waals surface area contributed by atoms with Crippen LogP contribution in [-0.4, -0.2) is 64.6 Å². The molecule has 15 aliphatic rings. The maximum atomic E-state index is 16.6. The van der Waals surface area contributed by atoms with Gasteiger partial charge >= 0.3 is 11.9 Å². The number of ether oxygens (including phenoxy) is 2. The second-order valence-electron chi connectivity index (χ2n) is 26.8. The summed E-state index contributed by atoms with van der Waals surface area (Å²) >= 11 is 0. The zero-order valence-electron chi connectivity index (χ0n) is 41.4. The van der Waals surface area contributed by atoms with Crippen molar-refractivity contribution < 1.29 is 24.2 Å². The minimum Gasteiger partial charge on any atom is -0.508 e. The Kier molecular flexibility index (Phi) is 8.83. The van der Waals surface area contributed by atoms with Gasteiger partial charge in [0.05, 0.1) is 11.0 Å². The van der Waals surface area contributed by atoms with Crippen molar-refractivity contribution in [2.24, 2.45) is 87.1 Å². The van der Waals surface area contributed by atoms with E-state index in [0.29, 0.717) is 95.4 Å². The van der Waals surface area contributed by atoms with Gasteiger partial charge in [0.25, 0.3) is 0 Å². The molecule has 16 atom stereocenters. The van der Waals surface area contributed by atoms with Gasteiger partial charge in [-0.25, -0.2) is 4.79 Å². The molecule has 0 radical (unpaired) electrons. The Morgan fingerprint density at radius 3 is 2.57 bits per heavy atom. The second-order valence-corrected chi connectivity index (χ2v) is 26.8. The zero-order valence-corrected chi connectivity index (χ0v) is 41.4. The van der Waals surface area contributed by atoms with Crippen molar-refractivity contribution in [3.63, 3.8) is 0 Å².